The van der Waals surface area contributed by atoms with Gasteiger partial charge in [0, 0.05) is 5.56 Å². The van der Waals surface area contributed by atoms with Gasteiger partial charge in [0.15, 0.2) is 11.7 Å². The molecule has 72 valence electrons. The normalized spacial score (nSPS) is 13.0. The van der Waals surface area contributed by atoms with Crippen LogP contribution in [0.5, 0.6) is 5.75 Å². The second-order valence-corrected chi connectivity index (χ2v) is 2.81. The predicted octanol–water partition coefficient (Wildman–Crippen LogP) is 0.365. The van der Waals surface area contributed by atoms with Gasteiger partial charge < -0.3 is 15.9 Å². The van der Waals surface area contributed by atoms with E-state index >= 15 is 0 Å². The third-order valence-electron chi connectivity index (χ3n) is 1.82. The van der Waals surface area contributed by atoms with Crippen molar-refractivity contribution in [2.24, 2.45) is 5.73 Å². The first-order chi connectivity index (χ1) is 6.77. The Morgan fingerprint density at radius 2 is 2.21 bits per heavy atom. The minimum Gasteiger partial charge on any atom is -0.382 e. The summed E-state index contributed by atoms with van der Waals surface area (Å²) < 4.78 is 0. The van der Waals surface area contributed by atoms with Gasteiger partial charge in [-0.3, -0.25) is 5.41 Å². The lowest BCUT2D eigenvalue weighted by atomic mass is 10.1. The molecule has 0 amide bonds. The molecule has 0 unspecified atom stereocenters. The summed E-state index contributed by atoms with van der Waals surface area (Å²) in [6.07, 6.45) is 1.61. The molecule has 1 aliphatic rings. The number of benzene rings is 1. The summed E-state index contributed by atoms with van der Waals surface area (Å²) in [5.74, 6) is 0.605. The zero-order valence-corrected chi connectivity index (χ0v) is 7.37. The van der Waals surface area contributed by atoms with Gasteiger partial charge in [-0.25, -0.2) is 5.48 Å². The number of hydrogen-bond donors (Lipinski definition) is 4. The number of hydrogen-bond acceptors (Lipinski definition) is 3. The highest BCUT2D eigenvalue weighted by atomic mass is 16.6. The fraction of sp³-hybridized carbons (Fsp3) is 0. The average molecular weight is 190 g/mol. The maximum Gasteiger partial charge on any atom is 0.190 e. The van der Waals surface area contributed by atoms with Crippen LogP contribution in [0.15, 0.2) is 30.5 Å². The molecule has 2 rings (SSSR count). The number of nitrogens with two attached hydrogens (primary N) is 1. The van der Waals surface area contributed by atoms with Crippen molar-refractivity contribution in [2.45, 2.75) is 0 Å². The number of guanidine groups is 1. The third-order valence-corrected chi connectivity index (χ3v) is 1.82. The van der Waals surface area contributed by atoms with Crippen molar-refractivity contribution in [3.05, 3.63) is 36.0 Å². The maximum atomic E-state index is 7.13. The summed E-state index contributed by atoms with van der Waals surface area (Å²) in [7, 11) is 0. The van der Waals surface area contributed by atoms with E-state index in [1.807, 2.05) is 24.3 Å². The minimum atomic E-state index is -0.102. The average Bonchev–Trinajstić information content (AvgIpc) is 2.18. The third kappa shape index (κ3) is 1.47. The molecule has 0 saturated heterocycles. The van der Waals surface area contributed by atoms with E-state index < -0.39 is 0 Å². The molecule has 5 nitrogen and oxygen atoms in total. The number of para-hydroxylation sites is 1. The van der Waals surface area contributed by atoms with Gasteiger partial charge in [0.05, 0.1) is 11.9 Å². The molecule has 14 heavy (non-hydrogen) atoms. The molecule has 1 aromatic rings. The van der Waals surface area contributed by atoms with Gasteiger partial charge >= 0.3 is 0 Å². The molecular weight excluding hydrogens is 180 g/mol. The molecule has 0 atom stereocenters. The Hall–Kier alpha value is -2.17. The van der Waals surface area contributed by atoms with Crippen molar-refractivity contribution in [3.63, 3.8) is 0 Å². The van der Waals surface area contributed by atoms with Crippen LogP contribution in [0, 0.1) is 5.41 Å². The van der Waals surface area contributed by atoms with Gasteiger partial charge in [0.1, 0.15) is 0 Å². The van der Waals surface area contributed by atoms with Crippen LogP contribution in [0.3, 0.4) is 0 Å². The zero-order valence-electron chi connectivity index (χ0n) is 7.37. The molecule has 0 fully saturated rings. The first kappa shape index (κ1) is 8.43. The number of hydroxylamine groups is 1. The number of rotatable bonds is 1. The lowest BCUT2D eigenvalue weighted by Crippen LogP contribution is -2.32. The van der Waals surface area contributed by atoms with Gasteiger partial charge in [0.25, 0.3) is 0 Å². The maximum absolute atomic E-state index is 7.13. The number of nitrogens with one attached hydrogen (secondary N) is 3. The van der Waals surface area contributed by atoms with Crippen LogP contribution in [0.1, 0.15) is 5.56 Å². The molecule has 0 aliphatic carbocycles. The van der Waals surface area contributed by atoms with Crippen molar-refractivity contribution < 1.29 is 4.84 Å². The molecule has 0 saturated carbocycles. The van der Waals surface area contributed by atoms with Crippen molar-refractivity contribution in [3.8, 4) is 5.75 Å². The summed E-state index contributed by atoms with van der Waals surface area (Å²) >= 11 is 0. The van der Waals surface area contributed by atoms with Crippen LogP contribution in [-0.4, -0.2) is 5.96 Å². The van der Waals surface area contributed by atoms with Gasteiger partial charge in [-0.2, -0.15) is 0 Å². The molecule has 5 heteroatoms. The van der Waals surface area contributed by atoms with Gasteiger partial charge in [-0.15, -0.1) is 0 Å². The van der Waals surface area contributed by atoms with Crippen LogP contribution in [0.4, 0.5) is 0 Å². The Labute approximate surface area is 81.0 Å². The van der Waals surface area contributed by atoms with Gasteiger partial charge in [-0.05, 0) is 12.1 Å². The van der Waals surface area contributed by atoms with Crippen molar-refractivity contribution in [2.75, 3.05) is 0 Å². The van der Waals surface area contributed by atoms with E-state index in [0.29, 0.717) is 5.75 Å². The van der Waals surface area contributed by atoms with Gasteiger partial charge in [-0.1, -0.05) is 12.1 Å². The van der Waals surface area contributed by atoms with Crippen LogP contribution in [-0.2, 0) is 0 Å². The molecule has 0 radical (unpaired) electrons. The smallest absolute Gasteiger partial charge is 0.190 e. The highest BCUT2D eigenvalue weighted by molar-refractivity contribution is 5.87. The Morgan fingerprint density at radius 3 is 3.00 bits per heavy atom. The van der Waals surface area contributed by atoms with Gasteiger partial charge in [0.2, 0.25) is 0 Å². The van der Waals surface area contributed by atoms with E-state index in [2.05, 4.69) is 10.8 Å². The monoisotopic (exact) mass is 190 g/mol. The Kier molecular flexibility index (Phi) is 1.98. The first-order valence-corrected chi connectivity index (χ1v) is 4.10. The van der Waals surface area contributed by atoms with Crippen LogP contribution in [0.2, 0.25) is 0 Å². The Bertz CT molecular complexity index is 400. The van der Waals surface area contributed by atoms with E-state index in [9.17, 15) is 0 Å². The Morgan fingerprint density at radius 1 is 1.43 bits per heavy atom. The molecule has 0 aromatic heterocycles. The van der Waals surface area contributed by atoms with E-state index in [1.54, 1.807) is 6.20 Å². The number of fused-ring (bicyclic) bond motifs is 1. The van der Waals surface area contributed by atoms with Crippen molar-refractivity contribution in [1.82, 2.24) is 10.8 Å². The lowest BCUT2D eigenvalue weighted by Gasteiger charge is -2.18. The Balaban J connectivity index is 2.35. The van der Waals surface area contributed by atoms with E-state index in [1.165, 1.54) is 0 Å². The van der Waals surface area contributed by atoms with Crippen LogP contribution < -0.4 is 21.4 Å². The highest BCUT2D eigenvalue weighted by Gasteiger charge is 2.12. The lowest BCUT2D eigenvalue weighted by molar-refractivity contribution is 0.237. The molecule has 5 N–H and O–H groups in total. The quantitative estimate of drug-likeness (QED) is 0.381. The zero-order chi connectivity index (χ0) is 9.97. The second kappa shape index (κ2) is 3.29. The topological polar surface area (TPSA) is 83.2 Å². The molecule has 1 aliphatic heterocycles. The predicted molar refractivity (Wildman–Crippen MR) is 53.2 cm³/mol. The standard InChI is InChI=1S/C9H10N4O/c10-9(11)13-7-5-12-14-8-4-2-1-3-6(7)8/h1-5,12H,(H4,10,11,13). The molecule has 1 aromatic carbocycles. The molecule has 0 bridgehead atoms. The van der Waals surface area contributed by atoms with Crippen LogP contribution in [0.25, 0.3) is 5.70 Å². The van der Waals surface area contributed by atoms with E-state index in [4.69, 9.17) is 16.0 Å². The van der Waals surface area contributed by atoms with E-state index in [-0.39, 0.29) is 5.96 Å². The van der Waals surface area contributed by atoms with Crippen LogP contribution >= 0.6 is 0 Å². The summed E-state index contributed by atoms with van der Waals surface area (Å²) in [5.41, 5.74) is 9.46. The summed E-state index contributed by atoms with van der Waals surface area (Å²) in [5, 5.41) is 9.85. The van der Waals surface area contributed by atoms with Crippen molar-refractivity contribution in [1.29, 1.82) is 5.41 Å². The molecular formula is C9H10N4O. The fourth-order valence-electron chi connectivity index (χ4n) is 1.26. The second-order valence-electron chi connectivity index (χ2n) is 2.81. The molecule has 0 spiro atoms. The van der Waals surface area contributed by atoms with Crippen molar-refractivity contribution >= 4 is 11.7 Å². The summed E-state index contributed by atoms with van der Waals surface area (Å²) in [6.45, 7) is 0. The minimum absolute atomic E-state index is 0.102. The summed E-state index contributed by atoms with van der Waals surface area (Å²) in [6, 6.07) is 7.48. The largest absolute Gasteiger partial charge is 0.382 e. The highest BCUT2D eigenvalue weighted by Crippen LogP contribution is 2.25. The molecule has 1 heterocycles. The fourth-order valence-corrected chi connectivity index (χ4v) is 1.26. The summed E-state index contributed by atoms with van der Waals surface area (Å²) in [4.78, 5) is 5.16. The first-order valence-electron chi connectivity index (χ1n) is 4.10. The van der Waals surface area contributed by atoms with E-state index in [0.717, 1.165) is 11.3 Å². The SMILES string of the molecule is N=C(N)NC1=CNOc2ccccc21.